The third kappa shape index (κ3) is 1.87. The Hall–Kier alpha value is -1.59. The Morgan fingerprint density at radius 3 is 2.44 bits per heavy atom. The molecule has 0 saturated carbocycles. The molecule has 7 heteroatoms. The molecule has 0 saturated heterocycles. The lowest BCUT2D eigenvalue weighted by Gasteiger charge is -2.04. The average molecular weight is 258 g/mol. The van der Waals surface area contributed by atoms with Crippen LogP contribution in [0.4, 0.5) is 0 Å². The van der Waals surface area contributed by atoms with Gasteiger partial charge in [0.05, 0.1) is 16.2 Å². The largest absolute Gasteiger partial charge is 0.476 e. The molecule has 16 heavy (non-hydrogen) atoms. The maximum atomic E-state index is 10.6. The number of carbonyl (C=O) groups is 1. The van der Waals surface area contributed by atoms with Gasteiger partial charge in [-0.1, -0.05) is 29.3 Å². The maximum absolute atomic E-state index is 10.6. The zero-order valence-corrected chi connectivity index (χ0v) is 9.27. The van der Waals surface area contributed by atoms with Gasteiger partial charge in [0.2, 0.25) is 0 Å². The molecule has 1 N–H and O–H groups in total. The van der Waals surface area contributed by atoms with Crippen molar-refractivity contribution in [2.75, 3.05) is 0 Å². The van der Waals surface area contributed by atoms with Crippen LogP contribution < -0.4 is 0 Å². The van der Waals surface area contributed by atoms with Gasteiger partial charge in [-0.25, -0.2) is 4.79 Å². The highest BCUT2D eigenvalue weighted by atomic mass is 35.5. The van der Waals surface area contributed by atoms with Crippen LogP contribution in [-0.2, 0) is 0 Å². The summed E-state index contributed by atoms with van der Waals surface area (Å²) >= 11 is 11.8. The summed E-state index contributed by atoms with van der Waals surface area (Å²) in [5, 5.41) is 16.9. The standard InChI is InChI=1S/C9H5Cl2N3O2/c10-5-2-1-3-6(11)8(5)14-12-4-7(13-14)9(15)16/h1-4H,(H,15,16). The molecule has 5 nitrogen and oxygen atoms in total. The smallest absolute Gasteiger partial charge is 0.358 e. The minimum atomic E-state index is -1.16. The van der Waals surface area contributed by atoms with E-state index in [-0.39, 0.29) is 5.69 Å². The number of aromatic carboxylic acids is 1. The van der Waals surface area contributed by atoms with Crippen LogP contribution in [0.2, 0.25) is 10.0 Å². The molecule has 0 aliphatic carbocycles. The number of hydrogen-bond donors (Lipinski definition) is 1. The summed E-state index contributed by atoms with van der Waals surface area (Å²) < 4.78 is 0. The molecular weight excluding hydrogens is 253 g/mol. The second-order valence-corrected chi connectivity index (χ2v) is 3.71. The van der Waals surface area contributed by atoms with Gasteiger partial charge >= 0.3 is 5.97 Å². The third-order valence-electron chi connectivity index (χ3n) is 1.85. The number of aromatic nitrogens is 3. The van der Waals surface area contributed by atoms with Gasteiger partial charge in [-0.15, -0.1) is 9.90 Å². The monoisotopic (exact) mass is 257 g/mol. The van der Waals surface area contributed by atoms with Crippen LogP contribution in [0.5, 0.6) is 0 Å². The van der Waals surface area contributed by atoms with Crippen LogP contribution in [0.25, 0.3) is 5.69 Å². The van der Waals surface area contributed by atoms with Crippen LogP contribution >= 0.6 is 23.2 Å². The van der Waals surface area contributed by atoms with Crippen molar-refractivity contribution >= 4 is 29.2 Å². The van der Waals surface area contributed by atoms with E-state index < -0.39 is 5.97 Å². The molecule has 0 atom stereocenters. The molecule has 0 radical (unpaired) electrons. The zero-order valence-electron chi connectivity index (χ0n) is 7.76. The lowest BCUT2D eigenvalue weighted by Crippen LogP contribution is -2.03. The van der Waals surface area contributed by atoms with Gasteiger partial charge in [-0.05, 0) is 12.1 Å². The Kier molecular flexibility index (Phi) is 2.80. The average Bonchev–Trinajstić information content (AvgIpc) is 2.66. The van der Waals surface area contributed by atoms with Crippen LogP contribution in [-0.4, -0.2) is 26.1 Å². The number of benzene rings is 1. The normalized spacial score (nSPS) is 10.4. The molecule has 0 unspecified atom stereocenters. The first kappa shape index (κ1) is 10.9. The number of nitrogens with zero attached hydrogens (tertiary/aromatic N) is 3. The van der Waals surface area contributed by atoms with Crippen molar-refractivity contribution < 1.29 is 9.90 Å². The van der Waals surface area contributed by atoms with E-state index in [0.717, 1.165) is 11.0 Å². The van der Waals surface area contributed by atoms with Crippen LogP contribution in [0.15, 0.2) is 24.4 Å². The molecule has 0 fully saturated rings. The van der Waals surface area contributed by atoms with Crippen LogP contribution in [0.3, 0.4) is 0 Å². The number of halogens is 2. The molecule has 0 aliphatic heterocycles. The highest BCUT2D eigenvalue weighted by Crippen LogP contribution is 2.26. The van der Waals surface area contributed by atoms with E-state index in [1.165, 1.54) is 0 Å². The maximum Gasteiger partial charge on any atom is 0.358 e. The number of carboxylic acid groups (broad SMARTS) is 1. The lowest BCUT2D eigenvalue weighted by atomic mass is 10.3. The van der Waals surface area contributed by atoms with E-state index >= 15 is 0 Å². The Morgan fingerprint density at radius 2 is 1.94 bits per heavy atom. The summed E-state index contributed by atoms with van der Waals surface area (Å²) in [5.41, 5.74) is 0.189. The summed E-state index contributed by atoms with van der Waals surface area (Å²) in [5.74, 6) is -1.16. The second kappa shape index (κ2) is 4.11. The van der Waals surface area contributed by atoms with Gasteiger partial charge in [0.1, 0.15) is 5.69 Å². The molecule has 2 aromatic rings. The number of para-hydroxylation sites is 1. The quantitative estimate of drug-likeness (QED) is 0.897. The van der Waals surface area contributed by atoms with Gasteiger partial charge in [-0.2, -0.15) is 5.10 Å². The Balaban J connectivity index is 2.54. The van der Waals surface area contributed by atoms with E-state index in [1.54, 1.807) is 18.2 Å². The zero-order chi connectivity index (χ0) is 11.7. The summed E-state index contributed by atoms with van der Waals surface area (Å²) in [6.45, 7) is 0. The van der Waals surface area contributed by atoms with E-state index in [2.05, 4.69) is 10.2 Å². The lowest BCUT2D eigenvalue weighted by molar-refractivity contribution is 0.0690. The third-order valence-corrected chi connectivity index (χ3v) is 2.46. The van der Waals surface area contributed by atoms with Crippen molar-refractivity contribution in [1.82, 2.24) is 15.0 Å². The molecule has 1 aromatic heterocycles. The van der Waals surface area contributed by atoms with Crippen LogP contribution in [0.1, 0.15) is 10.5 Å². The summed E-state index contributed by atoms with van der Waals surface area (Å²) in [4.78, 5) is 11.7. The molecule has 2 rings (SSSR count). The Bertz CT molecular complexity index is 533. The fourth-order valence-electron chi connectivity index (χ4n) is 1.15. The van der Waals surface area contributed by atoms with Crippen LogP contribution in [0, 0.1) is 0 Å². The van der Waals surface area contributed by atoms with Crippen molar-refractivity contribution in [3.8, 4) is 5.69 Å². The predicted molar refractivity (Wildman–Crippen MR) is 58.3 cm³/mol. The predicted octanol–water partition coefficient (Wildman–Crippen LogP) is 2.27. The van der Waals surface area contributed by atoms with Gasteiger partial charge in [0.25, 0.3) is 0 Å². The highest BCUT2D eigenvalue weighted by molar-refractivity contribution is 6.37. The number of carboxylic acids is 1. The fraction of sp³-hybridized carbons (Fsp3) is 0. The first-order valence-corrected chi connectivity index (χ1v) is 4.95. The second-order valence-electron chi connectivity index (χ2n) is 2.89. The van der Waals surface area contributed by atoms with Crippen molar-refractivity contribution in [1.29, 1.82) is 0 Å². The molecule has 0 aliphatic rings. The van der Waals surface area contributed by atoms with Crippen molar-refractivity contribution in [2.24, 2.45) is 0 Å². The molecule has 0 spiro atoms. The first-order valence-electron chi connectivity index (χ1n) is 4.19. The SMILES string of the molecule is O=C(O)c1cnn(-c2c(Cl)cccc2Cl)n1. The first-order chi connectivity index (χ1) is 7.59. The molecular formula is C9H5Cl2N3O2. The van der Waals surface area contributed by atoms with Gasteiger partial charge < -0.3 is 5.11 Å². The number of rotatable bonds is 2. The molecule has 1 aromatic carbocycles. The van der Waals surface area contributed by atoms with Gasteiger partial charge in [0, 0.05) is 0 Å². The van der Waals surface area contributed by atoms with Crippen molar-refractivity contribution in [3.05, 3.63) is 40.1 Å². The van der Waals surface area contributed by atoms with E-state index in [9.17, 15) is 4.79 Å². The van der Waals surface area contributed by atoms with Gasteiger partial charge in [-0.3, -0.25) is 0 Å². The summed E-state index contributed by atoms with van der Waals surface area (Å²) in [6.07, 6.45) is 1.13. The fourth-order valence-corrected chi connectivity index (χ4v) is 1.70. The Labute approximate surface area is 100 Å². The Morgan fingerprint density at radius 1 is 1.31 bits per heavy atom. The highest BCUT2D eigenvalue weighted by Gasteiger charge is 2.13. The van der Waals surface area contributed by atoms with E-state index in [4.69, 9.17) is 28.3 Å². The summed E-state index contributed by atoms with van der Waals surface area (Å²) in [6, 6.07) is 4.91. The van der Waals surface area contributed by atoms with Gasteiger partial charge in [0.15, 0.2) is 5.69 Å². The molecule has 0 bridgehead atoms. The topological polar surface area (TPSA) is 68.0 Å². The summed E-state index contributed by atoms with van der Waals surface area (Å²) in [7, 11) is 0. The molecule has 82 valence electrons. The van der Waals surface area contributed by atoms with Crippen molar-refractivity contribution in [2.45, 2.75) is 0 Å². The number of hydrogen-bond acceptors (Lipinski definition) is 3. The van der Waals surface area contributed by atoms with E-state index in [0.29, 0.717) is 15.7 Å². The van der Waals surface area contributed by atoms with Crippen molar-refractivity contribution in [3.63, 3.8) is 0 Å². The minimum Gasteiger partial charge on any atom is -0.476 e. The molecule has 1 heterocycles. The minimum absolute atomic E-state index is 0.170. The van der Waals surface area contributed by atoms with E-state index in [1.807, 2.05) is 0 Å². The molecule has 0 amide bonds.